The Labute approximate surface area is 143 Å². The van der Waals surface area contributed by atoms with Crippen LogP contribution in [0, 0.1) is 0 Å². The zero-order valence-corrected chi connectivity index (χ0v) is 15.0. The maximum Gasteiger partial charge on any atom is 0.175 e. The largest absolute Gasteiger partial charge is 0.237 e. The maximum absolute atomic E-state index is 11.7. The lowest BCUT2D eigenvalue weighted by Crippen LogP contribution is -2.08. The molecule has 2 aliphatic rings. The van der Waals surface area contributed by atoms with Crippen LogP contribution in [0.4, 0.5) is 0 Å². The SMILES string of the molecule is CS(=O)(=O)c1ccc(-n2nc(C3CCCCC3)c3c2CCC3)cc1. The summed E-state index contributed by atoms with van der Waals surface area (Å²) in [6.07, 6.45) is 11.2. The third kappa shape index (κ3) is 2.79. The van der Waals surface area contributed by atoms with E-state index in [0.29, 0.717) is 10.8 Å². The van der Waals surface area contributed by atoms with Crippen molar-refractivity contribution in [3.05, 3.63) is 41.2 Å². The van der Waals surface area contributed by atoms with Crippen molar-refractivity contribution in [2.75, 3.05) is 6.26 Å². The van der Waals surface area contributed by atoms with Gasteiger partial charge < -0.3 is 0 Å². The van der Waals surface area contributed by atoms with Crippen LogP contribution < -0.4 is 0 Å². The number of fused-ring (bicyclic) bond motifs is 1. The molecule has 1 aromatic carbocycles. The maximum atomic E-state index is 11.7. The Morgan fingerprint density at radius 3 is 2.38 bits per heavy atom. The van der Waals surface area contributed by atoms with Gasteiger partial charge in [0.1, 0.15) is 0 Å². The zero-order chi connectivity index (χ0) is 16.7. The average molecular weight is 344 g/mol. The molecule has 128 valence electrons. The molecular weight excluding hydrogens is 320 g/mol. The molecule has 0 unspecified atom stereocenters. The summed E-state index contributed by atoms with van der Waals surface area (Å²) in [7, 11) is -3.15. The topological polar surface area (TPSA) is 52.0 Å². The van der Waals surface area contributed by atoms with Gasteiger partial charge in [0.05, 0.1) is 16.3 Å². The summed E-state index contributed by atoms with van der Waals surface area (Å²) < 4.78 is 25.4. The molecule has 2 aliphatic carbocycles. The standard InChI is InChI=1S/C19H24N2O2S/c1-24(22,23)16-12-10-15(11-13-16)21-18-9-5-8-17(18)19(20-21)14-6-3-2-4-7-14/h10-14H,2-9H2,1H3. The summed E-state index contributed by atoms with van der Waals surface area (Å²) in [6.45, 7) is 0. The van der Waals surface area contributed by atoms with Gasteiger partial charge in [-0.3, -0.25) is 0 Å². The van der Waals surface area contributed by atoms with E-state index in [0.717, 1.165) is 18.5 Å². The van der Waals surface area contributed by atoms with Crippen LogP contribution in [0.15, 0.2) is 29.2 Å². The molecule has 4 nitrogen and oxygen atoms in total. The number of nitrogens with zero attached hydrogens (tertiary/aromatic N) is 2. The highest BCUT2D eigenvalue weighted by Crippen LogP contribution is 2.38. The van der Waals surface area contributed by atoms with E-state index in [4.69, 9.17) is 5.10 Å². The van der Waals surface area contributed by atoms with E-state index in [9.17, 15) is 8.42 Å². The van der Waals surface area contributed by atoms with Gasteiger partial charge in [-0.1, -0.05) is 19.3 Å². The molecule has 0 radical (unpaired) electrons. The van der Waals surface area contributed by atoms with Crippen LogP contribution in [-0.2, 0) is 22.7 Å². The molecule has 24 heavy (non-hydrogen) atoms. The van der Waals surface area contributed by atoms with Gasteiger partial charge in [-0.25, -0.2) is 13.1 Å². The highest BCUT2D eigenvalue weighted by Gasteiger charge is 2.28. The molecule has 0 spiro atoms. The van der Waals surface area contributed by atoms with Gasteiger partial charge >= 0.3 is 0 Å². The number of hydrogen-bond acceptors (Lipinski definition) is 3. The minimum Gasteiger partial charge on any atom is -0.237 e. The average Bonchev–Trinajstić information content (AvgIpc) is 3.17. The van der Waals surface area contributed by atoms with E-state index in [-0.39, 0.29) is 0 Å². The summed E-state index contributed by atoms with van der Waals surface area (Å²) >= 11 is 0. The predicted octanol–water partition coefficient (Wildman–Crippen LogP) is 3.81. The third-order valence-electron chi connectivity index (χ3n) is 5.46. The highest BCUT2D eigenvalue weighted by molar-refractivity contribution is 7.90. The van der Waals surface area contributed by atoms with Crippen LogP contribution in [0.2, 0.25) is 0 Å². The Morgan fingerprint density at radius 2 is 1.71 bits per heavy atom. The molecule has 0 aliphatic heterocycles. The van der Waals surface area contributed by atoms with Crippen molar-refractivity contribution in [1.82, 2.24) is 9.78 Å². The molecule has 5 heteroatoms. The van der Waals surface area contributed by atoms with Crippen LogP contribution in [0.25, 0.3) is 5.69 Å². The molecule has 0 atom stereocenters. The number of sulfone groups is 1. The minimum atomic E-state index is -3.15. The van der Waals surface area contributed by atoms with Crippen LogP contribution >= 0.6 is 0 Å². The Bertz CT molecular complexity index is 844. The van der Waals surface area contributed by atoms with Crippen molar-refractivity contribution in [2.45, 2.75) is 62.2 Å². The van der Waals surface area contributed by atoms with Gasteiger partial charge in [0.25, 0.3) is 0 Å². The molecule has 1 heterocycles. The van der Waals surface area contributed by atoms with E-state index in [1.807, 2.05) is 12.1 Å². The molecule has 0 bridgehead atoms. The minimum absolute atomic E-state index is 0.363. The van der Waals surface area contributed by atoms with Gasteiger partial charge in [-0.2, -0.15) is 5.10 Å². The molecule has 1 aromatic heterocycles. The second-order valence-electron chi connectivity index (χ2n) is 7.18. The lowest BCUT2D eigenvalue weighted by molar-refractivity contribution is 0.432. The van der Waals surface area contributed by atoms with Crippen molar-refractivity contribution in [3.63, 3.8) is 0 Å². The Balaban J connectivity index is 1.73. The number of hydrogen-bond donors (Lipinski definition) is 0. The number of rotatable bonds is 3. The molecular formula is C19H24N2O2S. The fraction of sp³-hybridized carbons (Fsp3) is 0.526. The zero-order valence-electron chi connectivity index (χ0n) is 14.2. The molecule has 1 fully saturated rings. The fourth-order valence-electron chi connectivity index (χ4n) is 4.22. The summed E-state index contributed by atoms with van der Waals surface area (Å²) in [5.74, 6) is 0.613. The summed E-state index contributed by atoms with van der Waals surface area (Å²) in [5, 5.41) is 4.98. The van der Waals surface area contributed by atoms with E-state index in [1.54, 1.807) is 12.1 Å². The molecule has 4 rings (SSSR count). The van der Waals surface area contributed by atoms with Gasteiger partial charge in [0.2, 0.25) is 0 Å². The normalized spacial score (nSPS) is 18.7. The molecule has 1 saturated carbocycles. The molecule has 0 amide bonds. The predicted molar refractivity (Wildman–Crippen MR) is 94.5 cm³/mol. The summed E-state index contributed by atoms with van der Waals surface area (Å²) in [6, 6.07) is 7.14. The first-order valence-corrected chi connectivity index (χ1v) is 10.8. The number of benzene rings is 1. The van der Waals surface area contributed by atoms with Crippen molar-refractivity contribution in [2.24, 2.45) is 0 Å². The molecule has 2 aromatic rings. The first-order valence-electron chi connectivity index (χ1n) is 8.95. The van der Waals surface area contributed by atoms with Crippen molar-refractivity contribution in [3.8, 4) is 5.69 Å². The second-order valence-corrected chi connectivity index (χ2v) is 9.19. The van der Waals surface area contributed by atoms with E-state index in [1.165, 1.54) is 61.7 Å². The highest BCUT2D eigenvalue weighted by atomic mass is 32.2. The Kier molecular flexibility index (Phi) is 3.99. The van der Waals surface area contributed by atoms with E-state index >= 15 is 0 Å². The fourth-order valence-corrected chi connectivity index (χ4v) is 4.85. The second kappa shape index (κ2) is 6.03. The van der Waals surface area contributed by atoms with Crippen molar-refractivity contribution in [1.29, 1.82) is 0 Å². The number of aromatic nitrogens is 2. The van der Waals surface area contributed by atoms with Crippen LogP contribution in [0.3, 0.4) is 0 Å². The lowest BCUT2D eigenvalue weighted by atomic mass is 9.85. The molecule has 0 saturated heterocycles. The quantitative estimate of drug-likeness (QED) is 0.851. The van der Waals surface area contributed by atoms with Gasteiger partial charge in [0.15, 0.2) is 9.84 Å². The van der Waals surface area contributed by atoms with Crippen molar-refractivity contribution >= 4 is 9.84 Å². The summed E-state index contributed by atoms with van der Waals surface area (Å²) in [4.78, 5) is 0.363. The Morgan fingerprint density at radius 1 is 1.00 bits per heavy atom. The van der Waals surface area contributed by atoms with Crippen LogP contribution in [-0.4, -0.2) is 24.5 Å². The smallest absolute Gasteiger partial charge is 0.175 e. The van der Waals surface area contributed by atoms with Crippen LogP contribution in [0.5, 0.6) is 0 Å². The van der Waals surface area contributed by atoms with Gasteiger partial charge in [-0.05, 0) is 61.9 Å². The van der Waals surface area contributed by atoms with Crippen molar-refractivity contribution < 1.29 is 8.42 Å². The lowest BCUT2D eigenvalue weighted by Gasteiger charge is -2.20. The van der Waals surface area contributed by atoms with Gasteiger partial charge in [-0.15, -0.1) is 0 Å². The summed E-state index contributed by atoms with van der Waals surface area (Å²) in [5.41, 5.74) is 5.09. The van der Waals surface area contributed by atoms with Crippen LogP contribution in [0.1, 0.15) is 61.4 Å². The monoisotopic (exact) mass is 344 g/mol. The van der Waals surface area contributed by atoms with E-state index < -0.39 is 9.84 Å². The Hall–Kier alpha value is -1.62. The molecule has 0 N–H and O–H groups in total. The first kappa shape index (κ1) is 15.9. The third-order valence-corrected chi connectivity index (χ3v) is 6.59. The first-order chi connectivity index (χ1) is 11.5. The van der Waals surface area contributed by atoms with E-state index in [2.05, 4.69) is 4.68 Å². The van der Waals surface area contributed by atoms with Gasteiger partial charge in [0, 0.05) is 17.9 Å².